The number of carbonyl (C=O) groups excluding carboxylic acids is 1. The van der Waals surface area contributed by atoms with Gasteiger partial charge in [-0.1, -0.05) is 39.8 Å². The number of methoxy groups -OCH3 is 2. The Labute approximate surface area is 179 Å². The van der Waals surface area contributed by atoms with Crippen molar-refractivity contribution in [3.8, 4) is 17.2 Å². The quantitative estimate of drug-likeness (QED) is 0.684. The van der Waals surface area contributed by atoms with Gasteiger partial charge in [-0.15, -0.1) is 0 Å². The first kappa shape index (κ1) is 22.0. The second kappa shape index (κ2) is 8.99. The van der Waals surface area contributed by atoms with E-state index in [1.807, 2.05) is 49.9 Å². The standard InChI is InChI=1S/C25H33NO4/c1-7-17-8-10-19(11-9-17)30-16-21-20-15-23(29-6)22(28-5)14-18(20)12-13-26(21)24(27)25(2,3)4/h8-11,14-15,21H,7,12-13,16H2,1-6H3. The molecule has 3 rings (SSSR count). The molecule has 1 aliphatic heterocycles. The third-order valence-electron chi connectivity index (χ3n) is 5.64. The smallest absolute Gasteiger partial charge is 0.228 e. The van der Waals surface area contributed by atoms with Crippen LogP contribution in [0.4, 0.5) is 0 Å². The number of rotatable bonds is 6. The topological polar surface area (TPSA) is 48.0 Å². The van der Waals surface area contributed by atoms with Gasteiger partial charge < -0.3 is 19.1 Å². The van der Waals surface area contributed by atoms with E-state index in [1.165, 1.54) is 11.1 Å². The van der Waals surface area contributed by atoms with Crippen LogP contribution in [0, 0.1) is 5.41 Å². The van der Waals surface area contributed by atoms with Crippen molar-refractivity contribution in [1.82, 2.24) is 4.90 Å². The summed E-state index contributed by atoms with van der Waals surface area (Å²) >= 11 is 0. The molecule has 0 saturated carbocycles. The number of nitrogens with zero attached hydrogens (tertiary/aromatic N) is 1. The number of ether oxygens (including phenoxy) is 3. The van der Waals surface area contributed by atoms with E-state index >= 15 is 0 Å². The SMILES string of the molecule is CCc1ccc(OCC2c3cc(OC)c(OC)cc3CCN2C(=O)C(C)(C)C)cc1. The third-order valence-corrected chi connectivity index (χ3v) is 5.64. The molecule has 0 spiro atoms. The van der Waals surface area contributed by atoms with Crippen LogP contribution in [0.15, 0.2) is 36.4 Å². The van der Waals surface area contributed by atoms with Crippen LogP contribution in [0.25, 0.3) is 0 Å². The van der Waals surface area contributed by atoms with Crippen LogP contribution in [0.3, 0.4) is 0 Å². The lowest BCUT2D eigenvalue weighted by Crippen LogP contribution is -2.47. The first-order valence-corrected chi connectivity index (χ1v) is 10.6. The van der Waals surface area contributed by atoms with E-state index < -0.39 is 5.41 Å². The van der Waals surface area contributed by atoms with Crippen molar-refractivity contribution < 1.29 is 19.0 Å². The summed E-state index contributed by atoms with van der Waals surface area (Å²) in [4.78, 5) is 15.2. The van der Waals surface area contributed by atoms with Crippen LogP contribution >= 0.6 is 0 Å². The molecule has 0 saturated heterocycles. The lowest BCUT2D eigenvalue weighted by atomic mass is 9.88. The van der Waals surface area contributed by atoms with Crippen LogP contribution in [0.2, 0.25) is 0 Å². The summed E-state index contributed by atoms with van der Waals surface area (Å²) in [5, 5.41) is 0. The van der Waals surface area contributed by atoms with E-state index in [0.717, 1.165) is 24.2 Å². The Morgan fingerprint density at radius 2 is 1.70 bits per heavy atom. The highest BCUT2D eigenvalue weighted by molar-refractivity contribution is 5.82. The molecule has 1 amide bonds. The van der Waals surface area contributed by atoms with Gasteiger partial charge in [0, 0.05) is 12.0 Å². The minimum absolute atomic E-state index is 0.123. The highest BCUT2D eigenvalue weighted by Gasteiger charge is 2.37. The second-order valence-electron chi connectivity index (χ2n) is 8.73. The van der Waals surface area contributed by atoms with Crippen molar-refractivity contribution >= 4 is 5.91 Å². The van der Waals surface area contributed by atoms with Gasteiger partial charge in [0.05, 0.1) is 20.3 Å². The lowest BCUT2D eigenvalue weighted by molar-refractivity contribution is -0.143. The van der Waals surface area contributed by atoms with Crippen LogP contribution in [0.1, 0.15) is 50.4 Å². The molecule has 2 aromatic carbocycles. The normalized spacial score (nSPS) is 16.1. The highest BCUT2D eigenvalue weighted by Crippen LogP contribution is 2.39. The van der Waals surface area contributed by atoms with Gasteiger partial charge in [0.1, 0.15) is 12.4 Å². The zero-order chi connectivity index (χ0) is 21.9. The Morgan fingerprint density at radius 3 is 2.27 bits per heavy atom. The van der Waals surface area contributed by atoms with E-state index in [4.69, 9.17) is 14.2 Å². The van der Waals surface area contributed by atoms with E-state index in [0.29, 0.717) is 24.7 Å². The minimum atomic E-state index is -0.463. The Balaban J connectivity index is 1.95. The molecule has 0 aliphatic carbocycles. The zero-order valence-corrected chi connectivity index (χ0v) is 19.0. The van der Waals surface area contributed by atoms with Gasteiger partial charge in [-0.25, -0.2) is 0 Å². The van der Waals surface area contributed by atoms with Gasteiger partial charge in [-0.2, -0.15) is 0 Å². The number of carbonyl (C=O) groups is 1. The fourth-order valence-corrected chi connectivity index (χ4v) is 3.88. The monoisotopic (exact) mass is 411 g/mol. The van der Waals surface area contributed by atoms with Crippen LogP contribution in [-0.2, 0) is 17.6 Å². The van der Waals surface area contributed by atoms with Gasteiger partial charge in [0.15, 0.2) is 11.5 Å². The molecule has 1 heterocycles. The summed E-state index contributed by atoms with van der Waals surface area (Å²) in [5.74, 6) is 2.31. The molecule has 1 aliphatic rings. The van der Waals surface area contributed by atoms with Crippen molar-refractivity contribution in [3.63, 3.8) is 0 Å². The Bertz CT molecular complexity index is 883. The molecule has 5 nitrogen and oxygen atoms in total. The molecule has 1 atom stereocenters. The van der Waals surface area contributed by atoms with Crippen LogP contribution in [0.5, 0.6) is 17.2 Å². The summed E-state index contributed by atoms with van der Waals surface area (Å²) < 4.78 is 17.2. The Hall–Kier alpha value is -2.69. The Kier molecular flexibility index (Phi) is 6.59. The first-order valence-electron chi connectivity index (χ1n) is 10.6. The second-order valence-corrected chi connectivity index (χ2v) is 8.73. The summed E-state index contributed by atoms with van der Waals surface area (Å²) in [6, 6.07) is 12.0. The molecule has 2 aromatic rings. The maximum absolute atomic E-state index is 13.2. The fourth-order valence-electron chi connectivity index (χ4n) is 3.88. The minimum Gasteiger partial charge on any atom is -0.493 e. The number of fused-ring (bicyclic) bond motifs is 1. The van der Waals surface area contributed by atoms with Crippen molar-refractivity contribution in [2.75, 3.05) is 27.4 Å². The fraction of sp³-hybridized carbons (Fsp3) is 0.480. The molecule has 5 heteroatoms. The average Bonchev–Trinajstić information content (AvgIpc) is 2.75. The predicted octanol–water partition coefficient (Wildman–Crippen LogP) is 4.82. The Morgan fingerprint density at radius 1 is 1.07 bits per heavy atom. The number of hydrogen-bond acceptors (Lipinski definition) is 4. The molecule has 30 heavy (non-hydrogen) atoms. The number of amides is 1. The molecule has 0 bridgehead atoms. The third kappa shape index (κ3) is 4.55. The molecule has 162 valence electrons. The van der Waals surface area contributed by atoms with E-state index in [1.54, 1.807) is 14.2 Å². The summed E-state index contributed by atoms with van der Waals surface area (Å²) in [7, 11) is 3.27. The first-order chi connectivity index (χ1) is 14.3. The number of aryl methyl sites for hydroxylation is 1. The molecule has 1 unspecified atom stereocenters. The van der Waals surface area contributed by atoms with Crippen molar-refractivity contribution in [2.45, 2.75) is 46.6 Å². The maximum atomic E-state index is 13.2. The summed E-state index contributed by atoms with van der Waals surface area (Å²) in [5.41, 5.74) is 3.03. The predicted molar refractivity (Wildman–Crippen MR) is 118 cm³/mol. The highest BCUT2D eigenvalue weighted by atomic mass is 16.5. The van der Waals surface area contributed by atoms with Gasteiger partial charge in [-0.05, 0) is 53.8 Å². The molecule has 0 radical (unpaired) electrons. The van der Waals surface area contributed by atoms with Crippen molar-refractivity contribution in [2.24, 2.45) is 5.41 Å². The summed E-state index contributed by atoms with van der Waals surface area (Å²) in [6.07, 6.45) is 1.77. The van der Waals surface area contributed by atoms with E-state index in [-0.39, 0.29) is 11.9 Å². The zero-order valence-electron chi connectivity index (χ0n) is 19.0. The van der Waals surface area contributed by atoms with Crippen molar-refractivity contribution in [3.05, 3.63) is 53.1 Å². The van der Waals surface area contributed by atoms with Gasteiger partial charge in [-0.3, -0.25) is 4.79 Å². The van der Waals surface area contributed by atoms with Crippen molar-refractivity contribution in [1.29, 1.82) is 0 Å². The van der Waals surface area contributed by atoms with Gasteiger partial charge in [0.25, 0.3) is 0 Å². The molecular formula is C25H33NO4. The van der Waals surface area contributed by atoms with Crippen LogP contribution in [-0.4, -0.2) is 38.2 Å². The molecule has 0 aromatic heterocycles. The molecular weight excluding hydrogens is 378 g/mol. The van der Waals surface area contributed by atoms with Crippen LogP contribution < -0.4 is 14.2 Å². The van der Waals surface area contributed by atoms with E-state index in [9.17, 15) is 4.79 Å². The van der Waals surface area contributed by atoms with Gasteiger partial charge in [0.2, 0.25) is 5.91 Å². The largest absolute Gasteiger partial charge is 0.493 e. The molecule has 0 N–H and O–H groups in total. The number of hydrogen-bond donors (Lipinski definition) is 0. The van der Waals surface area contributed by atoms with Gasteiger partial charge >= 0.3 is 0 Å². The maximum Gasteiger partial charge on any atom is 0.228 e. The van der Waals surface area contributed by atoms with E-state index in [2.05, 4.69) is 19.1 Å². The number of benzene rings is 2. The average molecular weight is 412 g/mol. The lowest BCUT2D eigenvalue weighted by Gasteiger charge is -2.40. The summed E-state index contributed by atoms with van der Waals surface area (Å²) in [6.45, 7) is 9.05. The molecule has 0 fully saturated rings.